The molecule has 0 bridgehead atoms. The van der Waals surface area contributed by atoms with E-state index in [2.05, 4.69) is 19.9 Å². The minimum absolute atomic E-state index is 0.0481. The molecule has 0 aliphatic heterocycles. The van der Waals surface area contributed by atoms with Gasteiger partial charge in [0.1, 0.15) is 5.03 Å². The van der Waals surface area contributed by atoms with Gasteiger partial charge in [-0.2, -0.15) is 28.1 Å². The second kappa shape index (κ2) is 6.44. The summed E-state index contributed by atoms with van der Waals surface area (Å²) in [6.07, 6.45) is -3.68. The second-order valence-corrected chi connectivity index (χ2v) is 4.91. The highest BCUT2D eigenvalue weighted by Gasteiger charge is 2.30. The number of ether oxygens (including phenoxy) is 1. The van der Waals surface area contributed by atoms with Crippen LogP contribution < -0.4 is 4.74 Å². The fourth-order valence-electron chi connectivity index (χ4n) is 1.26. The van der Waals surface area contributed by atoms with Crippen molar-refractivity contribution >= 4 is 23.4 Å². The average Bonchev–Trinajstić information content (AvgIpc) is 2.38. The van der Waals surface area contributed by atoms with E-state index in [9.17, 15) is 13.2 Å². The Morgan fingerprint density at radius 1 is 1.24 bits per heavy atom. The van der Waals surface area contributed by atoms with Crippen LogP contribution in [0.2, 0.25) is 5.28 Å². The lowest BCUT2D eigenvalue weighted by molar-refractivity contribution is -0.137. The van der Waals surface area contributed by atoms with Crippen molar-refractivity contribution < 1.29 is 17.9 Å². The predicted octanol–water partition coefficient (Wildman–Crippen LogP) is 3.49. The van der Waals surface area contributed by atoms with E-state index in [1.165, 1.54) is 6.07 Å². The van der Waals surface area contributed by atoms with Crippen molar-refractivity contribution in [2.75, 3.05) is 6.61 Å². The smallest absolute Gasteiger partial charge is 0.417 e. The van der Waals surface area contributed by atoms with Gasteiger partial charge in [0.25, 0.3) is 0 Å². The van der Waals surface area contributed by atoms with Crippen LogP contribution in [0.3, 0.4) is 0 Å². The van der Waals surface area contributed by atoms with Gasteiger partial charge < -0.3 is 4.74 Å². The summed E-state index contributed by atoms with van der Waals surface area (Å²) < 4.78 is 42.4. The minimum Gasteiger partial charge on any atom is -0.464 e. The summed E-state index contributed by atoms with van der Waals surface area (Å²) in [5.74, 6) is 0. The molecule has 0 saturated carbocycles. The predicted molar refractivity (Wildman–Crippen MR) is 69.4 cm³/mol. The Labute approximate surface area is 126 Å². The lowest BCUT2D eigenvalue weighted by Gasteiger charge is -2.06. The van der Waals surface area contributed by atoms with Crippen molar-refractivity contribution in [3.8, 4) is 6.01 Å². The lowest BCUT2D eigenvalue weighted by atomic mass is 10.3. The molecule has 21 heavy (non-hydrogen) atoms. The van der Waals surface area contributed by atoms with E-state index in [-0.39, 0.29) is 16.5 Å². The van der Waals surface area contributed by atoms with Crippen LogP contribution >= 0.6 is 23.4 Å². The Morgan fingerprint density at radius 3 is 2.57 bits per heavy atom. The Hall–Kier alpha value is -1.61. The summed E-state index contributed by atoms with van der Waals surface area (Å²) in [6.45, 7) is 2.10. The van der Waals surface area contributed by atoms with Gasteiger partial charge in [0.05, 0.1) is 12.2 Å². The molecule has 0 aliphatic carbocycles. The van der Waals surface area contributed by atoms with Crippen LogP contribution in [0.25, 0.3) is 0 Å². The zero-order valence-electron chi connectivity index (χ0n) is 10.6. The zero-order valence-corrected chi connectivity index (χ0v) is 12.1. The standard InChI is InChI=1S/C11H8ClF3N4OS/c1-2-20-9-17-8(12)18-10(19-9)21-7-4-3-6(5-16-7)11(13,14)15/h3-5H,2H2,1H3. The van der Waals surface area contributed by atoms with Gasteiger partial charge in [-0.1, -0.05) is 0 Å². The first-order valence-electron chi connectivity index (χ1n) is 5.64. The number of halogens is 4. The summed E-state index contributed by atoms with van der Waals surface area (Å²) >= 11 is 6.67. The molecule has 2 rings (SSSR count). The summed E-state index contributed by atoms with van der Waals surface area (Å²) in [4.78, 5) is 15.3. The van der Waals surface area contributed by atoms with E-state index in [0.717, 1.165) is 24.0 Å². The number of hydrogen-bond acceptors (Lipinski definition) is 6. The Bertz CT molecular complexity index is 624. The third-order valence-corrected chi connectivity index (χ3v) is 3.08. The summed E-state index contributed by atoms with van der Waals surface area (Å²) in [5, 5.41) is 0.418. The molecule has 0 aromatic carbocycles. The number of nitrogens with zero attached hydrogens (tertiary/aromatic N) is 4. The van der Waals surface area contributed by atoms with Crippen LogP contribution in [0, 0.1) is 0 Å². The molecule has 10 heteroatoms. The molecule has 0 amide bonds. The highest BCUT2D eigenvalue weighted by molar-refractivity contribution is 7.99. The number of hydrogen-bond donors (Lipinski definition) is 0. The Kier molecular flexibility index (Phi) is 4.84. The van der Waals surface area contributed by atoms with Crippen molar-refractivity contribution in [3.63, 3.8) is 0 Å². The monoisotopic (exact) mass is 336 g/mol. The van der Waals surface area contributed by atoms with Crippen molar-refractivity contribution in [2.45, 2.75) is 23.3 Å². The van der Waals surface area contributed by atoms with Crippen LogP contribution in [-0.4, -0.2) is 26.5 Å². The Morgan fingerprint density at radius 2 is 2.00 bits per heavy atom. The van der Waals surface area contributed by atoms with E-state index in [1.807, 2.05) is 0 Å². The quantitative estimate of drug-likeness (QED) is 0.851. The van der Waals surface area contributed by atoms with Gasteiger partial charge in [-0.05, 0) is 42.4 Å². The summed E-state index contributed by atoms with van der Waals surface area (Å²) in [7, 11) is 0. The molecule has 5 nitrogen and oxygen atoms in total. The lowest BCUT2D eigenvalue weighted by Crippen LogP contribution is -2.05. The molecule has 2 aromatic heterocycles. The number of alkyl halides is 3. The van der Waals surface area contributed by atoms with Gasteiger partial charge in [-0.3, -0.25) is 0 Å². The Balaban J connectivity index is 2.18. The molecular weight excluding hydrogens is 329 g/mol. The third kappa shape index (κ3) is 4.43. The second-order valence-electron chi connectivity index (χ2n) is 3.59. The van der Waals surface area contributed by atoms with Crippen LogP contribution in [0.4, 0.5) is 13.2 Å². The summed E-state index contributed by atoms with van der Waals surface area (Å²) in [5.41, 5.74) is -0.824. The van der Waals surface area contributed by atoms with Crippen molar-refractivity contribution in [1.29, 1.82) is 0 Å². The molecule has 2 aromatic rings. The maximum Gasteiger partial charge on any atom is 0.417 e. The van der Waals surface area contributed by atoms with Gasteiger partial charge in [0, 0.05) is 6.20 Å². The first-order valence-corrected chi connectivity index (χ1v) is 6.83. The van der Waals surface area contributed by atoms with Crippen molar-refractivity contribution in [1.82, 2.24) is 19.9 Å². The van der Waals surface area contributed by atoms with Crippen molar-refractivity contribution in [3.05, 3.63) is 29.2 Å². The van der Waals surface area contributed by atoms with E-state index >= 15 is 0 Å². The van der Waals surface area contributed by atoms with Gasteiger partial charge in [0.2, 0.25) is 10.4 Å². The van der Waals surface area contributed by atoms with Gasteiger partial charge in [0.15, 0.2) is 0 Å². The number of aromatic nitrogens is 4. The first-order chi connectivity index (χ1) is 9.88. The van der Waals surface area contributed by atoms with E-state index in [4.69, 9.17) is 16.3 Å². The maximum atomic E-state index is 12.4. The topological polar surface area (TPSA) is 60.8 Å². The molecule has 0 spiro atoms. The molecule has 0 N–H and O–H groups in total. The largest absolute Gasteiger partial charge is 0.464 e. The molecule has 0 unspecified atom stereocenters. The SMILES string of the molecule is CCOc1nc(Cl)nc(Sc2ccc(C(F)(F)F)cn2)n1. The van der Waals surface area contributed by atoms with E-state index in [0.29, 0.717) is 11.6 Å². The summed E-state index contributed by atoms with van der Waals surface area (Å²) in [6, 6.07) is 2.21. The maximum absolute atomic E-state index is 12.4. The highest BCUT2D eigenvalue weighted by Crippen LogP contribution is 2.31. The molecule has 112 valence electrons. The fourth-order valence-corrected chi connectivity index (χ4v) is 2.14. The van der Waals surface area contributed by atoms with Crippen LogP contribution in [0.15, 0.2) is 28.5 Å². The molecule has 0 saturated heterocycles. The molecular formula is C11H8ClF3N4OS. The van der Waals surface area contributed by atoms with Crippen LogP contribution in [0.5, 0.6) is 6.01 Å². The molecule has 0 radical (unpaired) electrons. The first kappa shape index (κ1) is 15.8. The molecule has 0 fully saturated rings. The van der Waals surface area contributed by atoms with E-state index < -0.39 is 11.7 Å². The normalized spacial score (nSPS) is 11.5. The van der Waals surface area contributed by atoms with Crippen LogP contribution in [0.1, 0.15) is 12.5 Å². The third-order valence-electron chi connectivity index (χ3n) is 2.10. The number of rotatable bonds is 4. The molecule has 0 atom stereocenters. The van der Waals surface area contributed by atoms with Gasteiger partial charge >= 0.3 is 12.2 Å². The molecule has 0 aliphatic rings. The van der Waals surface area contributed by atoms with Crippen LogP contribution in [-0.2, 0) is 6.18 Å². The average molecular weight is 337 g/mol. The fraction of sp³-hybridized carbons (Fsp3) is 0.273. The van der Waals surface area contributed by atoms with Gasteiger partial charge in [-0.25, -0.2) is 4.98 Å². The minimum atomic E-state index is -4.42. The van der Waals surface area contributed by atoms with Gasteiger partial charge in [-0.15, -0.1) is 0 Å². The highest BCUT2D eigenvalue weighted by atomic mass is 35.5. The number of pyridine rings is 1. The van der Waals surface area contributed by atoms with E-state index in [1.54, 1.807) is 6.92 Å². The molecule has 2 heterocycles. The van der Waals surface area contributed by atoms with Crippen molar-refractivity contribution in [2.24, 2.45) is 0 Å². The zero-order chi connectivity index (χ0) is 15.5.